The van der Waals surface area contributed by atoms with E-state index in [4.69, 9.17) is 4.74 Å². The SMILES string of the molecule is CCN(CCC(NC)c1cc(F)cc(F)c1)C(C)COC. The first-order valence-electron chi connectivity index (χ1n) is 7.38. The zero-order chi connectivity index (χ0) is 15.8. The van der Waals surface area contributed by atoms with Crippen molar-refractivity contribution in [2.45, 2.75) is 32.4 Å². The van der Waals surface area contributed by atoms with E-state index in [1.165, 1.54) is 12.1 Å². The third kappa shape index (κ3) is 5.69. The molecule has 0 saturated heterocycles. The normalized spacial score (nSPS) is 14.4. The number of halogens is 2. The molecule has 0 saturated carbocycles. The second kappa shape index (κ2) is 9.07. The molecule has 0 aliphatic rings. The molecule has 120 valence electrons. The quantitative estimate of drug-likeness (QED) is 0.759. The van der Waals surface area contributed by atoms with Gasteiger partial charge in [-0.15, -0.1) is 0 Å². The van der Waals surface area contributed by atoms with Gasteiger partial charge in [0.25, 0.3) is 0 Å². The lowest BCUT2D eigenvalue weighted by molar-refractivity contribution is 0.0998. The smallest absolute Gasteiger partial charge is 0.126 e. The van der Waals surface area contributed by atoms with Crippen LogP contribution in [0.25, 0.3) is 0 Å². The van der Waals surface area contributed by atoms with Crippen LogP contribution >= 0.6 is 0 Å². The van der Waals surface area contributed by atoms with Crippen LogP contribution in [0.2, 0.25) is 0 Å². The fourth-order valence-electron chi connectivity index (χ4n) is 2.59. The van der Waals surface area contributed by atoms with Gasteiger partial charge in [-0.05, 0) is 44.6 Å². The molecule has 0 aliphatic heterocycles. The van der Waals surface area contributed by atoms with E-state index in [9.17, 15) is 8.78 Å². The van der Waals surface area contributed by atoms with Crippen LogP contribution < -0.4 is 5.32 Å². The molecule has 0 spiro atoms. The van der Waals surface area contributed by atoms with Crippen molar-refractivity contribution in [3.63, 3.8) is 0 Å². The van der Waals surface area contributed by atoms with Crippen LogP contribution in [0.4, 0.5) is 8.78 Å². The molecule has 0 radical (unpaired) electrons. The second-order valence-corrected chi connectivity index (χ2v) is 5.27. The van der Waals surface area contributed by atoms with E-state index in [0.29, 0.717) is 18.2 Å². The molecule has 21 heavy (non-hydrogen) atoms. The van der Waals surface area contributed by atoms with E-state index >= 15 is 0 Å². The van der Waals surface area contributed by atoms with Crippen molar-refractivity contribution in [2.24, 2.45) is 0 Å². The summed E-state index contributed by atoms with van der Waals surface area (Å²) in [5.74, 6) is -1.07. The van der Waals surface area contributed by atoms with Gasteiger partial charge in [-0.1, -0.05) is 6.92 Å². The molecule has 5 heteroatoms. The van der Waals surface area contributed by atoms with Gasteiger partial charge >= 0.3 is 0 Å². The summed E-state index contributed by atoms with van der Waals surface area (Å²) in [5.41, 5.74) is 0.644. The molecule has 3 nitrogen and oxygen atoms in total. The van der Waals surface area contributed by atoms with Crippen molar-refractivity contribution in [1.82, 2.24) is 10.2 Å². The average Bonchev–Trinajstić information content (AvgIpc) is 2.42. The minimum Gasteiger partial charge on any atom is -0.383 e. The molecule has 0 bridgehead atoms. The Morgan fingerprint density at radius 2 is 1.86 bits per heavy atom. The molecule has 2 atom stereocenters. The van der Waals surface area contributed by atoms with Crippen molar-refractivity contribution in [3.05, 3.63) is 35.4 Å². The second-order valence-electron chi connectivity index (χ2n) is 5.27. The standard InChI is InChI=1S/C16H26F2N2O/c1-5-20(12(2)11-21-4)7-6-16(19-3)13-8-14(17)10-15(18)9-13/h8-10,12,16,19H,5-7,11H2,1-4H3. The molecule has 0 heterocycles. The maximum Gasteiger partial charge on any atom is 0.126 e. The first kappa shape index (κ1) is 18.0. The van der Waals surface area contributed by atoms with Gasteiger partial charge in [-0.25, -0.2) is 8.78 Å². The summed E-state index contributed by atoms with van der Waals surface area (Å²) in [6, 6.07) is 3.92. The number of hydrogen-bond donors (Lipinski definition) is 1. The highest BCUT2D eigenvalue weighted by atomic mass is 19.1. The predicted octanol–water partition coefficient (Wildman–Crippen LogP) is 2.97. The number of rotatable bonds is 9. The van der Waals surface area contributed by atoms with Gasteiger partial charge in [0, 0.05) is 31.8 Å². The molecule has 1 N–H and O–H groups in total. The van der Waals surface area contributed by atoms with Crippen LogP contribution in [-0.2, 0) is 4.74 Å². The lowest BCUT2D eigenvalue weighted by Crippen LogP contribution is -2.38. The van der Waals surface area contributed by atoms with Crippen molar-refractivity contribution in [3.8, 4) is 0 Å². The number of likely N-dealkylation sites (N-methyl/N-ethyl adjacent to an activating group) is 1. The van der Waals surface area contributed by atoms with Crippen molar-refractivity contribution in [1.29, 1.82) is 0 Å². The first-order valence-corrected chi connectivity index (χ1v) is 7.38. The highest BCUT2D eigenvalue weighted by Crippen LogP contribution is 2.20. The fourth-order valence-corrected chi connectivity index (χ4v) is 2.59. The van der Waals surface area contributed by atoms with E-state index in [1.54, 1.807) is 7.11 Å². The predicted molar refractivity (Wildman–Crippen MR) is 81.4 cm³/mol. The van der Waals surface area contributed by atoms with Crippen LogP contribution in [0, 0.1) is 11.6 Å². The van der Waals surface area contributed by atoms with Crippen LogP contribution in [0.15, 0.2) is 18.2 Å². The molecule has 1 aromatic carbocycles. The number of nitrogens with one attached hydrogen (secondary N) is 1. The first-order chi connectivity index (χ1) is 10.0. The Morgan fingerprint density at radius 3 is 2.33 bits per heavy atom. The molecule has 0 amide bonds. The third-order valence-corrected chi connectivity index (χ3v) is 3.78. The van der Waals surface area contributed by atoms with E-state index in [-0.39, 0.29) is 6.04 Å². The monoisotopic (exact) mass is 300 g/mol. The number of ether oxygens (including phenoxy) is 1. The Bertz CT molecular complexity index is 408. The van der Waals surface area contributed by atoms with E-state index < -0.39 is 11.6 Å². The topological polar surface area (TPSA) is 24.5 Å². The van der Waals surface area contributed by atoms with Crippen LogP contribution in [0.5, 0.6) is 0 Å². The maximum atomic E-state index is 13.3. The zero-order valence-electron chi connectivity index (χ0n) is 13.3. The zero-order valence-corrected chi connectivity index (χ0v) is 13.3. The molecule has 0 aliphatic carbocycles. The van der Waals surface area contributed by atoms with Crippen molar-refractivity contribution in [2.75, 3.05) is 33.9 Å². The summed E-state index contributed by atoms with van der Waals surface area (Å²) in [7, 11) is 3.50. The molecule has 2 unspecified atom stereocenters. The number of hydrogen-bond acceptors (Lipinski definition) is 3. The van der Waals surface area contributed by atoms with E-state index in [0.717, 1.165) is 25.6 Å². The van der Waals surface area contributed by atoms with Gasteiger partial charge in [0.2, 0.25) is 0 Å². The van der Waals surface area contributed by atoms with Crippen LogP contribution in [0.3, 0.4) is 0 Å². The molecule has 1 rings (SSSR count). The maximum absolute atomic E-state index is 13.3. The number of methoxy groups -OCH3 is 1. The lowest BCUT2D eigenvalue weighted by Gasteiger charge is -2.29. The Balaban J connectivity index is 2.69. The minimum atomic E-state index is -0.537. The Labute approximate surface area is 126 Å². The van der Waals surface area contributed by atoms with Gasteiger partial charge in [0.15, 0.2) is 0 Å². The summed E-state index contributed by atoms with van der Waals surface area (Å²) >= 11 is 0. The average molecular weight is 300 g/mol. The Hall–Kier alpha value is -1.04. The summed E-state index contributed by atoms with van der Waals surface area (Å²) < 4.78 is 31.8. The number of benzene rings is 1. The summed E-state index contributed by atoms with van der Waals surface area (Å²) in [5, 5.41) is 3.13. The van der Waals surface area contributed by atoms with Crippen LogP contribution in [-0.4, -0.2) is 44.8 Å². The largest absolute Gasteiger partial charge is 0.383 e. The molecular weight excluding hydrogens is 274 g/mol. The Kier molecular flexibility index (Phi) is 7.78. The van der Waals surface area contributed by atoms with Gasteiger partial charge in [-0.3, -0.25) is 4.90 Å². The fraction of sp³-hybridized carbons (Fsp3) is 0.625. The van der Waals surface area contributed by atoms with Crippen molar-refractivity contribution >= 4 is 0 Å². The third-order valence-electron chi connectivity index (χ3n) is 3.78. The van der Waals surface area contributed by atoms with E-state index in [2.05, 4.69) is 24.1 Å². The van der Waals surface area contributed by atoms with Gasteiger partial charge in [-0.2, -0.15) is 0 Å². The highest BCUT2D eigenvalue weighted by Gasteiger charge is 2.16. The van der Waals surface area contributed by atoms with E-state index in [1.807, 2.05) is 7.05 Å². The van der Waals surface area contributed by atoms with Crippen molar-refractivity contribution < 1.29 is 13.5 Å². The summed E-state index contributed by atoms with van der Waals surface area (Å²) in [6.45, 7) is 6.64. The minimum absolute atomic E-state index is 0.0704. The lowest BCUT2D eigenvalue weighted by atomic mass is 10.0. The molecule has 0 fully saturated rings. The van der Waals surface area contributed by atoms with Crippen LogP contribution in [0.1, 0.15) is 31.9 Å². The van der Waals surface area contributed by atoms with Gasteiger partial charge < -0.3 is 10.1 Å². The number of nitrogens with zero attached hydrogens (tertiary/aromatic N) is 1. The molecule has 0 aromatic heterocycles. The molecule has 1 aromatic rings. The summed E-state index contributed by atoms with van der Waals surface area (Å²) in [4.78, 5) is 2.30. The van der Waals surface area contributed by atoms with Gasteiger partial charge in [0.05, 0.1) is 6.61 Å². The van der Waals surface area contributed by atoms with Gasteiger partial charge in [0.1, 0.15) is 11.6 Å². The summed E-state index contributed by atoms with van der Waals surface area (Å²) in [6.07, 6.45) is 0.779. The molecular formula is C16H26F2N2O. The highest BCUT2D eigenvalue weighted by molar-refractivity contribution is 5.21. The Morgan fingerprint density at radius 1 is 1.24 bits per heavy atom.